The molecular weight excluding hydrogens is 190 g/mol. The molecule has 0 aromatic heterocycles. The van der Waals surface area contributed by atoms with Crippen LogP contribution in [-0.4, -0.2) is 0 Å². The van der Waals surface area contributed by atoms with Crippen molar-refractivity contribution in [3.63, 3.8) is 0 Å². The number of nitriles is 1. The van der Waals surface area contributed by atoms with Gasteiger partial charge in [0.1, 0.15) is 0 Å². The Bertz CT molecular complexity index is 620. The Hall–Kier alpha value is -2.59. The van der Waals surface area contributed by atoms with Gasteiger partial charge in [0.15, 0.2) is 4.98 Å². The molecule has 0 N–H and O–H groups in total. The van der Waals surface area contributed by atoms with Crippen LogP contribution < -0.4 is 5.11 Å². The van der Waals surface area contributed by atoms with Crippen LogP contribution in [0.3, 0.4) is 0 Å². The van der Waals surface area contributed by atoms with Crippen LogP contribution in [0.15, 0.2) is 30.3 Å². The van der Waals surface area contributed by atoms with Gasteiger partial charge in [0.25, 0.3) is 0 Å². The topological polar surface area (TPSA) is 75.0 Å². The van der Waals surface area contributed by atoms with Crippen LogP contribution in [0, 0.1) is 16.7 Å². The summed E-state index contributed by atoms with van der Waals surface area (Å²) in [4.78, 5) is 2.89. The molecule has 0 heterocycles. The maximum Gasteiger partial charge on any atom is 0.378 e. The number of hydrogen-bond donors (Lipinski definition) is 0. The lowest BCUT2D eigenvalue weighted by atomic mass is 10.1. The molecule has 2 aromatic rings. The first-order valence-corrected chi connectivity index (χ1v) is 4.25. The van der Waals surface area contributed by atoms with E-state index in [2.05, 4.69) is 4.98 Å². The van der Waals surface area contributed by atoms with Gasteiger partial charge < -0.3 is 5.11 Å². The van der Waals surface area contributed by atoms with E-state index in [0.717, 1.165) is 0 Å². The summed E-state index contributed by atoms with van der Waals surface area (Å²) < 4.78 is 0. The molecule has 0 saturated carbocycles. The molecule has 2 rings (SSSR count). The minimum Gasteiger partial charge on any atom is -0.867 e. The first kappa shape index (κ1) is 8.98. The quantitative estimate of drug-likeness (QED) is 0.605. The minimum absolute atomic E-state index is 0.00667. The van der Waals surface area contributed by atoms with Crippen molar-refractivity contribution in [1.29, 1.82) is 10.7 Å². The van der Waals surface area contributed by atoms with E-state index in [-0.39, 0.29) is 11.4 Å². The highest BCUT2D eigenvalue weighted by atomic mass is 16.3. The smallest absolute Gasteiger partial charge is 0.378 e. The summed E-state index contributed by atoms with van der Waals surface area (Å²) in [5.41, 5.74) is 0.503. The summed E-state index contributed by atoms with van der Waals surface area (Å²) in [6, 6.07) is 9.80. The molecule has 4 heteroatoms. The van der Waals surface area contributed by atoms with Crippen LogP contribution in [0.5, 0.6) is 5.75 Å². The normalized spacial score (nSPS) is 9.47. The molecular formula is C11H5N3O. The summed E-state index contributed by atoms with van der Waals surface area (Å²) in [5.74, 6) is -0.334. The van der Waals surface area contributed by atoms with Gasteiger partial charge in [0, 0.05) is 6.07 Å². The Labute approximate surface area is 85.6 Å². The van der Waals surface area contributed by atoms with Gasteiger partial charge in [-0.3, -0.25) is 0 Å². The highest BCUT2D eigenvalue weighted by Crippen LogP contribution is 2.32. The number of rotatable bonds is 0. The van der Waals surface area contributed by atoms with Crippen LogP contribution in [0.4, 0.5) is 5.69 Å². The second-order valence-corrected chi connectivity index (χ2v) is 3.06. The predicted molar refractivity (Wildman–Crippen MR) is 52.9 cm³/mol. The van der Waals surface area contributed by atoms with E-state index >= 15 is 0 Å². The molecule has 15 heavy (non-hydrogen) atoms. The van der Waals surface area contributed by atoms with Gasteiger partial charge in [0.2, 0.25) is 5.39 Å². The van der Waals surface area contributed by atoms with Gasteiger partial charge >= 0.3 is 5.69 Å². The SMILES string of the molecule is N#Cc1ccc2c([O-])c([N+]#N)ccc2c1. The monoisotopic (exact) mass is 195 g/mol. The van der Waals surface area contributed by atoms with Crippen LogP contribution in [0.25, 0.3) is 15.7 Å². The maximum absolute atomic E-state index is 11.6. The molecule has 2 aromatic carbocycles. The first-order valence-electron chi connectivity index (χ1n) is 4.25. The zero-order valence-corrected chi connectivity index (χ0v) is 7.64. The minimum atomic E-state index is -0.334. The summed E-state index contributed by atoms with van der Waals surface area (Å²) in [6.07, 6.45) is 0. The molecule has 70 valence electrons. The molecule has 0 aliphatic heterocycles. The van der Waals surface area contributed by atoms with Crippen molar-refractivity contribution in [1.82, 2.24) is 0 Å². The van der Waals surface area contributed by atoms with E-state index in [1.54, 1.807) is 24.3 Å². The lowest BCUT2D eigenvalue weighted by Crippen LogP contribution is -1.91. The summed E-state index contributed by atoms with van der Waals surface area (Å²) in [5, 5.41) is 30.0. The largest absolute Gasteiger partial charge is 0.867 e. The lowest BCUT2D eigenvalue weighted by molar-refractivity contribution is -0.264. The summed E-state index contributed by atoms with van der Waals surface area (Å²) in [7, 11) is 0. The molecule has 0 saturated heterocycles. The average Bonchev–Trinajstić information content (AvgIpc) is 2.29. The lowest BCUT2D eigenvalue weighted by Gasteiger charge is -2.06. The molecule has 0 bridgehead atoms. The second kappa shape index (κ2) is 3.28. The Balaban J connectivity index is 2.82. The number of nitrogens with zero attached hydrogens (tertiary/aromatic N) is 3. The highest BCUT2D eigenvalue weighted by Gasteiger charge is 2.08. The maximum atomic E-state index is 11.6. The Kier molecular flexibility index (Phi) is 1.97. The fourth-order valence-electron chi connectivity index (χ4n) is 1.44. The molecule has 0 spiro atoms. The van der Waals surface area contributed by atoms with Crippen molar-refractivity contribution in [2.45, 2.75) is 0 Å². The van der Waals surface area contributed by atoms with Gasteiger partial charge in [-0.1, -0.05) is 6.07 Å². The highest BCUT2D eigenvalue weighted by molar-refractivity contribution is 5.93. The van der Waals surface area contributed by atoms with Gasteiger partial charge in [-0.2, -0.15) is 5.26 Å². The van der Waals surface area contributed by atoms with E-state index in [4.69, 9.17) is 10.7 Å². The van der Waals surface area contributed by atoms with Crippen molar-refractivity contribution >= 4 is 16.5 Å². The third-order valence-corrected chi connectivity index (χ3v) is 2.19. The fourth-order valence-corrected chi connectivity index (χ4v) is 1.44. The molecule has 0 atom stereocenters. The molecule has 0 amide bonds. The third kappa shape index (κ3) is 1.34. The Morgan fingerprint density at radius 1 is 1.20 bits per heavy atom. The molecule has 0 radical (unpaired) electrons. The van der Waals surface area contributed by atoms with E-state index in [1.165, 1.54) is 6.07 Å². The Morgan fingerprint density at radius 2 is 2.00 bits per heavy atom. The van der Waals surface area contributed by atoms with Crippen LogP contribution in [-0.2, 0) is 0 Å². The molecule has 0 unspecified atom stereocenters. The van der Waals surface area contributed by atoms with Crippen molar-refractivity contribution in [3.8, 4) is 11.8 Å². The van der Waals surface area contributed by atoms with E-state index in [9.17, 15) is 5.11 Å². The zero-order valence-electron chi connectivity index (χ0n) is 7.64. The second-order valence-electron chi connectivity index (χ2n) is 3.06. The van der Waals surface area contributed by atoms with E-state index in [1.807, 2.05) is 6.07 Å². The van der Waals surface area contributed by atoms with Crippen molar-refractivity contribution in [2.75, 3.05) is 0 Å². The molecule has 0 aliphatic carbocycles. The van der Waals surface area contributed by atoms with Gasteiger partial charge in [-0.25, -0.2) is 0 Å². The molecule has 0 fully saturated rings. The first-order chi connectivity index (χ1) is 7.26. The van der Waals surface area contributed by atoms with Crippen molar-refractivity contribution < 1.29 is 5.11 Å². The van der Waals surface area contributed by atoms with E-state index < -0.39 is 0 Å². The standard InChI is InChI=1S/C11H5N3O/c12-6-7-1-3-9-8(5-7)2-4-10(14-13)11(9)15/h1-5H. The van der Waals surface area contributed by atoms with Crippen LogP contribution in [0.2, 0.25) is 0 Å². The van der Waals surface area contributed by atoms with Gasteiger partial charge in [-0.15, -0.1) is 0 Å². The molecule has 4 nitrogen and oxygen atoms in total. The summed E-state index contributed by atoms with van der Waals surface area (Å²) >= 11 is 0. The number of hydrogen-bond acceptors (Lipinski definition) is 3. The summed E-state index contributed by atoms with van der Waals surface area (Å²) in [6.45, 7) is 0. The van der Waals surface area contributed by atoms with Crippen LogP contribution in [0.1, 0.15) is 5.56 Å². The van der Waals surface area contributed by atoms with Gasteiger partial charge in [-0.05, 0) is 34.7 Å². The Morgan fingerprint density at radius 3 is 2.67 bits per heavy atom. The van der Waals surface area contributed by atoms with Crippen LogP contribution >= 0.6 is 0 Å². The van der Waals surface area contributed by atoms with Crippen molar-refractivity contribution in [2.24, 2.45) is 0 Å². The molecule has 0 aliphatic rings. The average molecular weight is 195 g/mol. The van der Waals surface area contributed by atoms with Gasteiger partial charge in [0.05, 0.1) is 11.6 Å². The number of fused-ring (bicyclic) bond motifs is 1. The zero-order chi connectivity index (χ0) is 10.8. The third-order valence-electron chi connectivity index (χ3n) is 2.19. The number of benzene rings is 2. The van der Waals surface area contributed by atoms with Crippen molar-refractivity contribution in [3.05, 3.63) is 40.9 Å². The number of diazo groups is 1. The predicted octanol–water partition coefficient (Wildman–Crippen LogP) is 2.27. The van der Waals surface area contributed by atoms with E-state index in [0.29, 0.717) is 16.3 Å². The fraction of sp³-hybridized carbons (Fsp3) is 0.